The summed E-state index contributed by atoms with van der Waals surface area (Å²) in [5.41, 5.74) is 6.30. The third-order valence-electron chi connectivity index (χ3n) is 8.80. The molecule has 3 aliphatic rings. The molecule has 1 aromatic heterocycles. The van der Waals surface area contributed by atoms with Gasteiger partial charge in [-0.2, -0.15) is 0 Å². The van der Waals surface area contributed by atoms with Gasteiger partial charge in [0.2, 0.25) is 0 Å². The number of rotatable bonds is 3. The third-order valence-corrected chi connectivity index (χ3v) is 12.5. The molecule has 34 heavy (non-hydrogen) atoms. The molecule has 4 heteroatoms. The van der Waals surface area contributed by atoms with Gasteiger partial charge in [0.25, 0.3) is 0 Å². The summed E-state index contributed by atoms with van der Waals surface area (Å²) in [6.07, 6.45) is 11.4. The van der Waals surface area contributed by atoms with Crippen molar-refractivity contribution in [3.63, 3.8) is 0 Å². The zero-order valence-corrected chi connectivity index (χ0v) is 22.4. The van der Waals surface area contributed by atoms with Crippen LogP contribution in [0.5, 0.6) is 0 Å². The van der Waals surface area contributed by atoms with Gasteiger partial charge in [0, 0.05) is 0 Å². The molecule has 0 N–H and O–H groups in total. The van der Waals surface area contributed by atoms with E-state index in [1.165, 1.54) is 54.4 Å². The van der Waals surface area contributed by atoms with Crippen molar-refractivity contribution in [3.8, 4) is 17.2 Å². The summed E-state index contributed by atoms with van der Waals surface area (Å²) in [5, 5.41) is 10.1. The molecule has 3 aromatic rings. The van der Waals surface area contributed by atoms with Gasteiger partial charge >= 0.3 is 219 Å². The molecule has 2 fully saturated rings. The second-order valence-electron chi connectivity index (χ2n) is 10.6. The summed E-state index contributed by atoms with van der Waals surface area (Å²) in [6, 6.07) is 19.9. The number of benzene rings is 2. The fourth-order valence-corrected chi connectivity index (χ4v) is 11.3. The number of aromatic nitrogens is 1. The quantitative estimate of drug-likeness (QED) is 0.340. The molecule has 0 aliphatic heterocycles. The fourth-order valence-electron chi connectivity index (χ4n) is 7.19. The Morgan fingerprint density at radius 2 is 1.94 bits per heavy atom. The zero-order chi connectivity index (χ0) is 23.3. The summed E-state index contributed by atoms with van der Waals surface area (Å²) in [4.78, 5) is 4.26. The number of nitrogens with zero attached hydrogens (tertiary/aromatic N) is 2. The Bertz CT molecular complexity index is 1250. The van der Waals surface area contributed by atoms with Crippen molar-refractivity contribution in [2.75, 3.05) is 0 Å². The van der Waals surface area contributed by atoms with Crippen LogP contribution in [0.4, 0.5) is 0 Å². The van der Waals surface area contributed by atoms with E-state index in [4.69, 9.17) is 11.6 Å². The topological polar surface area (TPSA) is 36.7 Å². The molecule has 1 heterocycles. The SMILES string of the molecule is C[C@]12CCC3c4ccc(C#N)c(Cl)c4CCC3C1CC([I-]c1ccc(-c3cccnc3)cc1)C2. The molecule has 0 amide bonds. The van der Waals surface area contributed by atoms with Gasteiger partial charge in [-0.3, -0.25) is 0 Å². The molecule has 0 saturated heterocycles. The van der Waals surface area contributed by atoms with E-state index in [1.807, 2.05) is 24.5 Å². The second kappa shape index (κ2) is 8.95. The molecule has 4 unspecified atom stereocenters. The molecule has 0 radical (unpaired) electrons. The minimum atomic E-state index is 0.00521. The molecule has 5 atom stereocenters. The Morgan fingerprint density at radius 3 is 2.71 bits per heavy atom. The van der Waals surface area contributed by atoms with Crippen LogP contribution in [0.15, 0.2) is 60.9 Å². The fraction of sp³-hybridized carbons (Fsp3) is 0.400. The summed E-state index contributed by atoms with van der Waals surface area (Å²) in [7, 11) is 0. The van der Waals surface area contributed by atoms with Crippen molar-refractivity contribution >= 4 is 11.6 Å². The van der Waals surface area contributed by atoms with Crippen LogP contribution in [0.2, 0.25) is 5.02 Å². The van der Waals surface area contributed by atoms with Crippen LogP contribution >= 0.6 is 11.6 Å². The Kier molecular flexibility index (Phi) is 5.94. The number of halogens is 2. The van der Waals surface area contributed by atoms with E-state index in [1.54, 1.807) is 3.57 Å². The Labute approximate surface area is 218 Å². The van der Waals surface area contributed by atoms with Gasteiger partial charge in [0.1, 0.15) is 0 Å². The summed E-state index contributed by atoms with van der Waals surface area (Å²) in [6.45, 7) is 2.59. The molecule has 174 valence electrons. The van der Waals surface area contributed by atoms with Gasteiger partial charge in [-0.25, -0.2) is 0 Å². The van der Waals surface area contributed by atoms with Crippen molar-refractivity contribution in [2.24, 2.45) is 17.3 Å². The predicted molar refractivity (Wildman–Crippen MR) is 133 cm³/mol. The van der Waals surface area contributed by atoms with Gasteiger partial charge in [-0.05, 0) is 0 Å². The van der Waals surface area contributed by atoms with E-state index in [2.05, 4.69) is 54.4 Å². The molecule has 2 aromatic carbocycles. The van der Waals surface area contributed by atoms with Gasteiger partial charge < -0.3 is 0 Å². The van der Waals surface area contributed by atoms with E-state index >= 15 is 0 Å². The summed E-state index contributed by atoms with van der Waals surface area (Å²) < 4.78 is 2.45. The number of nitriles is 1. The van der Waals surface area contributed by atoms with Crippen LogP contribution in [0, 0.1) is 32.2 Å². The molecule has 2 saturated carbocycles. The normalized spacial score (nSPS) is 29.7. The Hall–Kier alpha value is -1.90. The van der Waals surface area contributed by atoms with Crippen molar-refractivity contribution in [3.05, 3.63) is 86.2 Å². The second-order valence-corrected chi connectivity index (χ2v) is 14.6. The minimum absolute atomic E-state index is 0.00521. The van der Waals surface area contributed by atoms with Crippen LogP contribution < -0.4 is 21.2 Å². The van der Waals surface area contributed by atoms with Gasteiger partial charge in [-0.15, -0.1) is 0 Å². The van der Waals surface area contributed by atoms with Crippen LogP contribution in [0.1, 0.15) is 61.6 Å². The molecule has 3 aliphatic carbocycles. The van der Waals surface area contributed by atoms with E-state index in [9.17, 15) is 5.26 Å². The van der Waals surface area contributed by atoms with Gasteiger partial charge in [0.15, 0.2) is 0 Å². The Balaban J connectivity index is 1.19. The molecule has 0 spiro atoms. The van der Waals surface area contributed by atoms with Crippen LogP contribution in [0.25, 0.3) is 11.1 Å². The standard InChI is InChI=1S/C30H29ClIN2/c1-30-13-12-25-24-9-6-20(17-33)29(31)27(24)11-10-26(25)28(30)15-23(16-30)32-22-7-4-19(5-8-22)21-3-2-14-34-18-21/h2-9,14,18,23,25-26,28H,10-13,15-16H2,1H3/q-1/t23?,25?,26?,28?,30-/m1/s1. The first kappa shape index (κ1) is 22.6. The van der Waals surface area contributed by atoms with E-state index in [-0.39, 0.29) is 21.2 Å². The number of hydrogen-bond acceptors (Lipinski definition) is 2. The number of pyridine rings is 1. The van der Waals surface area contributed by atoms with E-state index in [0.717, 1.165) is 27.2 Å². The Morgan fingerprint density at radius 1 is 1.09 bits per heavy atom. The average molecular weight is 580 g/mol. The predicted octanol–water partition coefficient (Wildman–Crippen LogP) is 4.46. The summed E-state index contributed by atoms with van der Waals surface area (Å²) in [5.74, 6) is 2.23. The van der Waals surface area contributed by atoms with Crippen molar-refractivity contribution in [1.29, 1.82) is 5.26 Å². The zero-order valence-electron chi connectivity index (χ0n) is 19.5. The molecule has 2 nitrogen and oxygen atoms in total. The van der Waals surface area contributed by atoms with Crippen molar-refractivity contribution in [1.82, 2.24) is 4.98 Å². The molecule has 6 rings (SSSR count). The number of alkyl halides is 1. The third kappa shape index (κ3) is 3.88. The first-order valence-electron chi connectivity index (χ1n) is 12.4. The van der Waals surface area contributed by atoms with Crippen molar-refractivity contribution < 1.29 is 21.2 Å². The van der Waals surface area contributed by atoms with E-state index < -0.39 is 0 Å². The van der Waals surface area contributed by atoms with E-state index in [0.29, 0.717) is 16.9 Å². The van der Waals surface area contributed by atoms with Crippen LogP contribution in [-0.2, 0) is 6.42 Å². The maximum absolute atomic E-state index is 9.40. The first-order valence-corrected chi connectivity index (χ1v) is 15.1. The number of fused-ring (bicyclic) bond motifs is 5. The maximum atomic E-state index is 9.40. The monoisotopic (exact) mass is 579 g/mol. The van der Waals surface area contributed by atoms with Gasteiger partial charge in [0.05, 0.1) is 0 Å². The number of hydrogen-bond donors (Lipinski definition) is 0. The van der Waals surface area contributed by atoms with Crippen molar-refractivity contribution in [2.45, 2.75) is 55.3 Å². The first-order chi connectivity index (χ1) is 16.6. The van der Waals surface area contributed by atoms with Gasteiger partial charge in [-0.1, -0.05) is 0 Å². The molecule has 0 bridgehead atoms. The molecular weight excluding hydrogens is 551 g/mol. The summed E-state index contributed by atoms with van der Waals surface area (Å²) >= 11 is 6.64. The van der Waals surface area contributed by atoms with Crippen LogP contribution in [-0.4, -0.2) is 8.91 Å². The van der Waals surface area contributed by atoms with Crippen LogP contribution in [0.3, 0.4) is 0 Å². The molecular formula is C30H29ClIN2-. The average Bonchev–Trinajstić information content (AvgIpc) is 3.21.